The lowest BCUT2D eigenvalue weighted by molar-refractivity contribution is -0.179. The highest BCUT2D eigenvalue weighted by atomic mass is 35.5. The van der Waals surface area contributed by atoms with Crippen LogP contribution < -0.4 is 0 Å². The molecule has 2 aromatic carbocycles. The third-order valence-corrected chi connectivity index (χ3v) is 6.22. The van der Waals surface area contributed by atoms with Crippen molar-refractivity contribution in [1.82, 2.24) is 4.90 Å². The SMILES string of the molecule is O=C1[C@H](CC(O)CO)O[C@H](c2cccc(Cl)c2)[C@H](c2ccc(Cl)cc2)N1CC1CC1. The Morgan fingerprint density at radius 1 is 1.07 bits per heavy atom. The fourth-order valence-electron chi connectivity index (χ4n) is 4.01. The zero-order chi connectivity index (χ0) is 21.3. The Hall–Kier alpha value is -1.63. The molecule has 7 heteroatoms. The van der Waals surface area contributed by atoms with E-state index < -0.39 is 24.9 Å². The lowest BCUT2D eigenvalue weighted by Crippen LogP contribution is -2.52. The average molecular weight is 450 g/mol. The third kappa shape index (κ3) is 4.82. The summed E-state index contributed by atoms with van der Waals surface area (Å²) in [6.07, 6.45) is -0.0709. The second kappa shape index (κ2) is 9.25. The van der Waals surface area contributed by atoms with E-state index in [2.05, 4.69) is 0 Å². The van der Waals surface area contributed by atoms with Crippen LogP contribution in [0.2, 0.25) is 10.0 Å². The Morgan fingerprint density at radius 3 is 2.43 bits per heavy atom. The molecule has 4 rings (SSSR count). The quantitative estimate of drug-likeness (QED) is 0.665. The Kier molecular flexibility index (Phi) is 6.66. The first-order chi connectivity index (χ1) is 14.5. The van der Waals surface area contributed by atoms with E-state index in [1.54, 1.807) is 6.07 Å². The van der Waals surface area contributed by atoms with E-state index in [1.165, 1.54) is 0 Å². The van der Waals surface area contributed by atoms with Crippen molar-refractivity contribution in [1.29, 1.82) is 0 Å². The normalized spacial score (nSPS) is 25.4. The van der Waals surface area contributed by atoms with Crippen molar-refractivity contribution in [3.8, 4) is 0 Å². The fraction of sp³-hybridized carbons (Fsp3) is 0.435. The topological polar surface area (TPSA) is 70.0 Å². The molecule has 5 nitrogen and oxygen atoms in total. The number of halogens is 2. The first kappa shape index (κ1) is 21.6. The molecule has 2 fully saturated rings. The molecule has 0 spiro atoms. The van der Waals surface area contributed by atoms with Gasteiger partial charge in [0.2, 0.25) is 0 Å². The number of ether oxygens (including phenoxy) is 1. The van der Waals surface area contributed by atoms with Crippen molar-refractivity contribution in [2.75, 3.05) is 13.2 Å². The van der Waals surface area contributed by atoms with Crippen LogP contribution in [0, 0.1) is 5.92 Å². The molecule has 2 aliphatic rings. The molecule has 0 radical (unpaired) electrons. The maximum Gasteiger partial charge on any atom is 0.252 e. The summed E-state index contributed by atoms with van der Waals surface area (Å²) in [5.41, 5.74) is 1.79. The maximum absolute atomic E-state index is 13.4. The van der Waals surface area contributed by atoms with Gasteiger partial charge in [-0.2, -0.15) is 0 Å². The molecule has 1 amide bonds. The Balaban J connectivity index is 1.76. The van der Waals surface area contributed by atoms with Gasteiger partial charge in [-0.15, -0.1) is 0 Å². The molecule has 1 saturated heterocycles. The standard InChI is InChI=1S/C23H25Cl2NO4/c24-17-8-6-15(7-9-17)21-22(16-2-1-3-18(25)10-16)30-20(11-19(28)13-27)23(29)26(21)12-14-4-5-14/h1-3,6-10,14,19-22,27-28H,4-5,11-13H2/t19?,20-,21-,22+/m0/s1. The predicted molar refractivity (Wildman–Crippen MR) is 115 cm³/mol. The molecule has 0 bridgehead atoms. The number of carbonyl (C=O) groups excluding carboxylic acids is 1. The number of hydrogen-bond acceptors (Lipinski definition) is 4. The summed E-state index contributed by atoms with van der Waals surface area (Å²) >= 11 is 12.4. The lowest BCUT2D eigenvalue weighted by Gasteiger charge is -2.45. The van der Waals surface area contributed by atoms with Crippen LogP contribution in [0.15, 0.2) is 48.5 Å². The van der Waals surface area contributed by atoms with E-state index in [0.717, 1.165) is 24.0 Å². The van der Waals surface area contributed by atoms with Crippen molar-refractivity contribution in [2.45, 2.75) is 43.6 Å². The van der Waals surface area contributed by atoms with Crippen LogP contribution in [-0.4, -0.2) is 46.4 Å². The molecule has 2 N–H and O–H groups in total. The fourth-order valence-corrected chi connectivity index (χ4v) is 4.34. The van der Waals surface area contributed by atoms with Crippen LogP contribution in [0.25, 0.3) is 0 Å². The third-order valence-electron chi connectivity index (χ3n) is 5.73. The molecule has 4 atom stereocenters. The molecule has 160 valence electrons. The van der Waals surface area contributed by atoms with Crippen molar-refractivity contribution < 1.29 is 19.7 Å². The number of aliphatic hydroxyl groups is 2. The predicted octanol–water partition coefficient (Wildman–Crippen LogP) is 4.16. The van der Waals surface area contributed by atoms with Crippen LogP contribution in [-0.2, 0) is 9.53 Å². The number of benzene rings is 2. The second-order valence-corrected chi connectivity index (χ2v) is 8.98. The zero-order valence-electron chi connectivity index (χ0n) is 16.5. The molecule has 1 aliphatic heterocycles. The number of hydrogen-bond donors (Lipinski definition) is 2. The van der Waals surface area contributed by atoms with Gasteiger partial charge in [0.1, 0.15) is 12.2 Å². The van der Waals surface area contributed by atoms with Gasteiger partial charge in [-0.25, -0.2) is 0 Å². The summed E-state index contributed by atoms with van der Waals surface area (Å²) in [6.45, 7) is 0.219. The number of rotatable bonds is 7. The smallest absolute Gasteiger partial charge is 0.252 e. The van der Waals surface area contributed by atoms with Gasteiger partial charge in [0.15, 0.2) is 0 Å². The van der Waals surface area contributed by atoms with E-state index in [9.17, 15) is 15.0 Å². The minimum Gasteiger partial charge on any atom is -0.394 e. The molecule has 2 aromatic rings. The summed E-state index contributed by atoms with van der Waals surface area (Å²) in [4.78, 5) is 15.3. The number of amides is 1. The highest BCUT2D eigenvalue weighted by Gasteiger charge is 2.46. The van der Waals surface area contributed by atoms with Crippen molar-refractivity contribution >= 4 is 29.1 Å². The number of morpholine rings is 1. The van der Waals surface area contributed by atoms with Gasteiger partial charge in [0.05, 0.1) is 18.8 Å². The van der Waals surface area contributed by atoms with Gasteiger partial charge in [-0.1, -0.05) is 47.5 Å². The average Bonchev–Trinajstić information content (AvgIpc) is 3.55. The minimum absolute atomic E-state index is 0.0426. The molecular weight excluding hydrogens is 425 g/mol. The molecule has 1 heterocycles. The monoisotopic (exact) mass is 449 g/mol. The van der Waals surface area contributed by atoms with Crippen LogP contribution in [0.4, 0.5) is 0 Å². The Labute approximate surface area is 186 Å². The summed E-state index contributed by atoms with van der Waals surface area (Å²) in [5.74, 6) is 0.318. The zero-order valence-corrected chi connectivity index (χ0v) is 18.0. The Bertz CT molecular complexity index is 887. The van der Waals surface area contributed by atoms with Gasteiger partial charge >= 0.3 is 0 Å². The van der Waals surface area contributed by atoms with Gasteiger partial charge < -0.3 is 19.8 Å². The van der Waals surface area contributed by atoms with E-state index in [-0.39, 0.29) is 18.4 Å². The van der Waals surface area contributed by atoms with Crippen LogP contribution in [0.3, 0.4) is 0 Å². The van der Waals surface area contributed by atoms with Crippen molar-refractivity contribution in [3.63, 3.8) is 0 Å². The van der Waals surface area contributed by atoms with E-state index in [0.29, 0.717) is 22.5 Å². The van der Waals surface area contributed by atoms with E-state index in [1.807, 2.05) is 47.4 Å². The van der Waals surface area contributed by atoms with Crippen LogP contribution in [0.5, 0.6) is 0 Å². The van der Waals surface area contributed by atoms with Gasteiger partial charge in [-0.05, 0) is 54.2 Å². The van der Waals surface area contributed by atoms with Gasteiger partial charge in [-0.3, -0.25) is 4.79 Å². The summed E-state index contributed by atoms with van der Waals surface area (Å²) in [6, 6.07) is 14.6. The largest absolute Gasteiger partial charge is 0.394 e. The summed E-state index contributed by atoms with van der Waals surface area (Å²) < 4.78 is 6.29. The van der Waals surface area contributed by atoms with Crippen molar-refractivity contribution in [3.05, 3.63) is 69.7 Å². The highest BCUT2D eigenvalue weighted by Crippen LogP contribution is 2.45. The highest BCUT2D eigenvalue weighted by molar-refractivity contribution is 6.30. The van der Waals surface area contributed by atoms with E-state index in [4.69, 9.17) is 27.9 Å². The molecule has 1 saturated carbocycles. The van der Waals surface area contributed by atoms with Crippen LogP contribution in [0.1, 0.15) is 42.5 Å². The summed E-state index contributed by atoms with van der Waals surface area (Å²) in [5, 5.41) is 20.5. The number of nitrogens with zero attached hydrogens (tertiary/aromatic N) is 1. The van der Waals surface area contributed by atoms with Gasteiger partial charge in [0, 0.05) is 23.0 Å². The van der Waals surface area contributed by atoms with E-state index >= 15 is 0 Å². The van der Waals surface area contributed by atoms with Crippen LogP contribution >= 0.6 is 23.2 Å². The molecule has 0 aromatic heterocycles. The molecular formula is C23H25Cl2NO4. The number of carbonyl (C=O) groups is 1. The minimum atomic E-state index is -1.02. The second-order valence-electron chi connectivity index (χ2n) is 8.10. The Morgan fingerprint density at radius 2 is 1.80 bits per heavy atom. The first-order valence-corrected chi connectivity index (χ1v) is 11.0. The lowest BCUT2D eigenvalue weighted by atomic mass is 9.90. The molecule has 1 aliphatic carbocycles. The van der Waals surface area contributed by atoms with Gasteiger partial charge in [0.25, 0.3) is 5.91 Å². The molecule has 30 heavy (non-hydrogen) atoms. The van der Waals surface area contributed by atoms with Crippen molar-refractivity contribution in [2.24, 2.45) is 5.92 Å². The maximum atomic E-state index is 13.4. The number of aliphatic hydroxyl groups excluding tert-OH is 2. The molecule has 1 unspecified atom stereocenters. The first-order valence-electron chi connectivity index (χ1n) is 10.2. The summed E-state index contributed by atoms with van der Waals surface area (Å²) in [7, 11) is 0.